The number of benzene rings is 4. The highest BCUT2D eigenvalue weighted by atomic mass is 19.1. The first-order valence-electron chi connectivity index (χ1n) is 11.7. The molecule has 0 fully saturated rings. The summed E-state index contributed by atoms with van der Waals surface area (Å²) in [5.41, 5.74) is 2.61. The molecule has 182 valence electrons. The molecule has 0 saturated heterocycles. The monoisotopic (exact) mass is 484 g/mol. The molecule has 0 radical (unpaired) electrons. The highest BCUT2D eigenvalue weighted by Gasteiger charge is 2.23. The van der Waals surface area contributed by atoms with Crippen LogP contribution in [0.1, 0.15) is 33.8 Å². The van der Waals surface area contributed by atoms with Crippen LogP contribution in [0.3, 0.4) is 0 Å². The highest BCUT2D eigenvalue weighted by Crippen LogP contribution is 2.25. The summed E-state index contributed by atoms with van der Waals surface area (Å²) in [5.74, 6) is -1.77. The van der Waals surface area contributed by atoms with Crippen molar-refractivity contribution in [3.05, 3.63) is 138 Å². The van der Waals surface area contributed by atoms with E-state index in [1.165, 1.54) is 53.4 Å². The molecule has 0 aromatic heterocycles. The minimum atomic E-state index is -0.457. The lowest BCUT2D eigenvalue weighted by Gasteiger charge is -2.24. The van der Waals surface area contributed by atoms with Crippen LogP contribution in [0.15, 0.2) is 109 Å². The zero-order valence-corrected chi connectivity index (χ0v) is 19.6. The molecule has 0 spiro atoms. The van der Waals surface area contributed by atoms with Crippen molar-refractivity contribution in [2.24, 2.45) is 0 Å². The van der Waals surface area contributed by atoms with Gasteiger partial charge in [-0.2, -0.15) is 0 Å². The molecule has 1 N–H and O–H groups in total. The molecule has 0 atom stereocenters. The molecule has 0 unspecified atom stereocenters. The van der Waals surface area contributed by atoms with Crippen molar-refractivity contribution in [1.82, 2.24) is 5.32 Å². The number of nitrogens with zero attached hydrogens (tertiary/aromatic N) is 1. The van der Waals surface area contributed by atoms with Gasteiger partial charge in [-0.15, -0.1) is 0 Å². The Bertz CT molecular complexity index is 1240. The van der Waals surface area contributed by atoms with Gasteiger partial charge in [0.25, 0.3) is 5.91 Å². The third kappa shape index (κ3) is 6.21. The molecule has 4 nitrogen and oxygen atoms in total. The number of carbonyl (C=O) groups excluding carboxylic acids is 2. The largest absolute Gasteiger partial charge is 0.355 e. The van der Waals surface area contributed by atoms with E-state index in [1.54, 1.807) is 0 Å². The summed E-state index contributed by atoms with van der Waals surface area (Å²) < 4.78 is 26.8. The molecule has 2 amide bonds. The number of rotatable bonds is 9. The van der Waals surface area contributed by atoms with Crippen molar-refractivity contribution in [1.29, 1.82) is 0 Å². The third-order valence-electron chi connectivity index (χ3n) is 5.86. The van der Waals surface area contributed by atoms with Crippen LogP contribution < -0.4 is 10.2 Å². The van der Waals surface area contributed by atoms with Gasteiger partial charge in [0.15, 0.2) is 0 Å². The number of amides is 2. The number of halogens is 2. The normalized spacial score (nSPS) is 10.8. The number of anilines is 1. The topological polar surface area (TPSA) is 49.4 Å². The molecule has 0 heterocycles. The van der Waals surface area contributed by atoms with Gasteiger partial charge in [-0.1, -0.05) is 60.7 Å². The van der Waals surface area contributed by atoms with Crippen molar-refractivity contribution in [3.8, 4) is 0 Å². The Labute approximate surface area is 209 Å². The van der Waals surface area contributed by atoms with Crippen molar-refractivity contribution in [2.75, 3.05) is 18.0 Å². The summed E-state index contributed by atoms with van der Waals surface area (Å²) in [6, 6.07) is 30.0. The van der Waals surface area contributed by atoms with Crippen LogP contribution in [0, 0.1) is 11.6 Å². The lowest BCUT2D eigenvalue weighted by Crippen LogP contribution is -2.36. The standard InChI is InChI=1S/C30H26F2N2O2/c31-25-14-12-24(13-15-25)30(36)34(27-18-16-26(32)17-19-27)21-7-20-33-29(35)28(22-8-3-1-4-9-22)23-10-5-2-6-11-23/h1-6,8-19,28H,7,20-21H2,(H,33,35). The fourth-order valence-corrected chi connectivity index (χ4v) is 4.05. The van der Waals surface area contributed by atoms with Crippen molar-refractivity contribution in [2.45, 2.75) is 12.3 Å². The molecule has 6 heteroatoms. The summed E-state index contributed by atoms with van der Waals surface area (Å²) >= 11 is 0. The molecule has 36 heavy (non-hydrogen) atoms. The molecular formula is C30H26F2N2O2. The highest BCUT2D eigenvalue weighted by molar-refractivity contribution is 6.06. The first kappa shape index (κ1) is 24.8. The molecular weight excluding hydrogens is 458 g/mol. The zero-order chi connectivity index (χ0) is 25.3. The average Bonchev–Trinajstić information content (AvgIpc) is 2.91. The lowest BCUT2D eigenvalue weighted by atomic mass is 9.90. The van der Waals surface area contributed by atoms with Gasteiger partial charge in [-0.05, 0) is 66.1 Å². The number of carbonyl (C=O) groups is 2. The summed E-state index contributed by atoms with van der Waals surface area (Å²) in [7, 11) is 0. The fourth-order valence-electron chi connectivity index (χ4n) is 4.05. The first-order chi connectivity index (χ1) is 17.5. The molecule has 4 aromatic carbocycles. The minimum Gasteiger partial charge on any atom is -0.355 e. The van der Waals surface area contributed by atoms with E-state index in [0.29, 0.717) is 24.2 Å². The van der Waals surface area contributed by atoms with Crippen LogP contribution in [0.25, 0.3) is 0 Å². The van der Waals surface area contributed by atoms with Crippen LogP contribution in [0.4, 0.5) is 14.5 Å². The average molecular weight is 485 g/mol. The second kappa shape index (κ2) is 11.9. The van der Waals surface area contributed by atoms with Gasteiger partial charge in [0.1, 0.15) is 11.6 Å². The molecule has 0 saturated carbocycles. The van der Waals surface area contributed by atoms with E-state index in [4.69, 9.17) is 0 Å². The predicted octanol–water partition coefficient (Wildman–Crippen LogP) is 5.95. The van der Waals surface area contributed by atoms with E-state index < -0.39 is 17.6 Å². The summed E-state index contributed by atoms with van der Waals surface area (Å²) in [6.07, 6.45) is 0.465. The second-order valence-electron chi connectivity index (χ2n) is 8.34. The lowest BCUT2D eigenvalue weighted by molar-refractivity contribution is -0.121. The fraction of sp³-hybridized carbons (Fsp3) is 0.133. The Kier molecular flexibility index (Phi) is 8.19. The van der Waals surface area contributed by atoms with Gasteiger partial charge in [0.2, 0.25) is 5.91 Å². The Hall–Kier alpha value is -4.32. The molecule has 4 aromatic rings. The predicted molar refractivity (Wildman–Crippen MR) is 137 cm³/mol. The van der Waals surface area contributed by atoms with Crippen LogP contribution in [-0.4, -0.2) is 24.9 Å². The Morgan fingerprint density at radius 1 is 0.694 bits per heavy atom. The SMILES string of the molecule is O=C(NCCCN(C(=O)c1ccc(F)cc1)c1ccc(F)cc1)C(c1ccccc1)c1ccccc1. The third-order valence-corrected chi connectivity index (χ3v) is 5.86. The van der Waals surface area contributed by atoms with Crippen LogP contribution in [0.5, 0.6) is 0 Å². The molecule has 0 aliphatic rings. The van der Waals surface area contributed by atoms with Crippen molar-refractivity contribution in [3.63, 3.8) is 0 Å². The maximum Gasteiger partial charge on any atom is 0.258 e. The maximum absolute atomic E-state index is 13.5. The quantitative estimate of drug-likeness (QED) is 0.299. The van der Waals surface area contributed by atoms with Gasteiger partial charge in [0, 0.05) is 24.3 Å². The van der Waals surface area contributed by atoms with Crippen LogP contribution in [-0.2, 0) is 4.79 Å². The van der Waals surface area contributed by atoms with E-state index in [2.05, 4.69) is 5.32 Å². The number of hydrogen-bond acceptors (Lipinski definition) is 2. The molecule has 4 rings (SSSR count). The van der Waals surface area contributed by atoms with Crippen molar-refractivity contribution < 1.29 is 18.4 Å². The smallest absolute Gasteiger partial charge is 0.258 e. The van der Waals surface area contributed by atoms with E-state index in [9.17, 15) is 18.4 Å². The molecule has 0 aliphatic carbocycles. The Morgan fingerprint density at radius 3 is 1.72 bits per heavy atom. The minimum absolute atomic E-state index is 0.134. The zero-order valence-electron chi connectivity index (χ0n) is 19.6. The van der Waals surface area contributed by atoms with E-state index in [-0.39, 0.29) is 18.4 Å². The van der Waals surface area contributed by atoms with Gasteiger partial charge in [-0.25, -0.2) is 8.78 Å². The van der Waals surface area contributed by atoms with Crippen LogP contribution >= 0.6 is 0 Å². The maximum atomic E-state index is 13.5. The number of hydrogen-bond donors (Lipinski definition) is 1. The molecule has 0 aliphatic heterocycles. The van der Waals surface area contributed by atoms with Crippen LogP contribution in [0.2, 0.25) is 0 Å². The Morgan fingerprint density at radius 2 is 1.19 bits per heavy atom. The molecule has 0 bridgehead atoms. The Balaban J connectivity index is 1.45. The van der Waals surface area contributed by atoms with Crippen molar-refractivity contribution >= 4 is 17.5 Å². The summed E-state index contributed by atoms with van der Waals surface area (Å²) in [5, 5.41) is 3.00. The number of nitrogens with one attached hydrogen (secondary N) is 1. The van der Waals surface area contributed by atoms with Gasteiger partial charge in [-0.3, -0.25) is 9.59 Å². The van der Waals surface area contributed by atoms with Gasteiger partial charge >= 0.3 is 0 Å². The van der Waals surface area contributed by atoms with E-state index in [1.807, 2.05) is 60.7 Å². The first-order valence-corrected chi connectivity index (χ1v) is 11.7. The van der Waals surface area contributed by atoms with Gasteiger partial charge in [0.05, 0.1) is 5.92 Å². The summed E-state index contributed by atoms with van der Waals surface area (Å²) in [4.78, 5) is 27.9. The van der Waals surface area contributed by atoms with E-state index >= 15 is 0 Å². The van der Waals surface area contributed by atoms with E-state index in [0.717, 1.165) is 11.1 Å². The second-order valence-corrected chi connectivity index (χ2v) is 8.34. The summed E-state index contributed by atoms with van der Waals surface area (Å²) in [6.45, 7) is 0.618. The van der Waals surface area contributed by atoms with Gasteiger partial charge < -0.3 is 10.2 Å².